The van der Waals surface area contributed by atoms with Gasteiger partial charge in [0.05, 0.1) is 23.2 Å². The topological polar surface area (TPSA) is 70.0 Å². The van der Waals surface area contributed by atoms with Crippen LogP contribution in [-0.2, 0) is 22.6 Å². The number of pyridine rings is 1. The first kappa shape index (κ1) is 20.1. The van der Waals surface area contributed by atoms with E-state index in [0.717, 1.165) is 12.0 Å². The smallest absolute Gasteiger partial charge is 0.275 e. The lowest BCUT2D eigenvalue weighted by molar-refractivity contribution is 0.0138. The summed E-state index contributed by atoms with van der Waals surface area (Å²) in [5.41, 5.74) is 0.438. The molecule has 2 aliphatic heterocycles. The molecule has 0 radical (unpaired) electrons. The normalized spacial score (nSPS) is 20.9. The SMILES string of the molecule is COCCN1C(=O)c2c(OCc3ccccc3)c(=O)c(Br)cn2CC12CCOC2. The number of ether oxygens (including phenoxy) is 3. The lowest BCUT2D eigenvalue weighted by Crippen LogP contribution is -2.60. The summed E-state index contributed by atoms with van der Waals surface area (Å²) in [5, 5.41) is 0. The van der Waals surface area contributed by atoms with Gasteiger partial charge in [-0.25, -0.2) is 0 Å². The van der Waals surface area contributed by atoms with E-state index in [1.807, 2.05) is 34.9 Å². The summed E-state index contributed by atoms with van der Waals surface area (Å²) < 4.78 is 19.0. The number of hydrogen-bond donors (Lipinski definition) is 0. The summed E-state index contributed by atoms with van der Waals surface area (Å²) in [6.45, 7) is 2.66. The summed E-state index contributed by atoms with van der Waals surface area (Å²) in [5.74, 6) is -0.157. The molecular formula is C21H23BrN2O5. The third-order valence-electron chi connectivity index (χ3n) is 5.51. The second-order valence-corrected chi connectivity index (χ2v) is 8.22. The predicted molar refractivity (Wildman–Crippen MR) is 110 cm³/mol. The van der Waals surface area contributed by atoms with Crippen molar-refractivity contribution in [2.45, 2.75) is 25.1 Å². The van der Waals surface area contributed by atoms with Gasteiger partial charge < -0.3 is 23.7 Å². The van der Waals surface area contributed by atoms with E-state index in [1.165, 1.54) is 0 Å². The number of hydrogen-bond acceptors (Lipinski definition) is 5. The molecule has 0 saturated carbocycles. The third kappa shape index (κ3) is 3.72. The zero-order valence-corrected chi connectivity index (χ0v) is 17.8. The Hall–Kier alpha value is -2.16. The summed E-state index contributed by atoms with van der Waals surface area (Å²) >= 11 is 3.34. The molecule has 1 amide bonds. The number of fused-ring (bicyclic) bond motifs is 1. The van der Waals surface area contributed by atoms with Gasteiger partial charge in [-0.3, -0.25) is 9.59 Å². The van der Waals surface area contributed by atoms with Crippen molar-refractivity contribution in [2.75, 3.05) is 33.5 Å². The van der Waals surface area contributed by atoms with Crippen LogP contribution in [0.4, 0.5) is 0 Å². The highest BCUT2D eigenvalue weighted by molar-refractivity contribution is 9.10. The Labute approximate surface area is 177 Å². The molecule has 8 heteroatoms. The summed E-state index contributed by atoms with van der Waals surface area (Å²) in [7, 11) is 1.61. The first-order valence-electron chi connectivity index (χ1n) is 9.54. The zero-order chi connectivity index (χ0) is 20.4. The molecule has 1 aromatic carbocycles. The maximum absolute atomic E-state index is 13.5. The van der Waals surface area contributed by atoms with Gasteiger partial charge in [0.15, 0.2) is 11.4 Å². The van der Waals surface area contributed by atoms with E-state index in [1.54, 1.807) is 18.2 Å². The standard InChI is InChI=1S/C21H23BrN2O5/c1-27-10-8-24-20(26)17-19(29-12-15-5-3-2-4-6-15)18(25)16(22)11-23(17)13-21(24)7-9-28-14-21/h2-6,11H,7-10,12-14H2,1H3. The van der Waals surface area contributed by atoms with E-state index in [4.69, 9.17) is 14.2 Å². The number of benzene rings is 1. The number of methoxy groups -OCH3 is 1. The summed E-state index contributed by atoms with van der Waals surface area (Å²) in [6, 6.07) is 9.56. The van der Waals surface area contributed by atoms with Crippen LogP contribution in [0.3, 0.4) is 0 Å². The first-order valence-corrected chi connectivity index (χ1v) is 10.3. The van der Waals surface area contributed by atoms with Crippen LogP contribution < -0.4 is 10.2 Å². The molecule has 0 aliphatic carbocycles. The lowest BCUT2D eigenvalue weighted by Gasteiger charge is -2.45. The van der Waals surface area contributed by atoms with Crippen LogP contribution in [0.25, 0.3) is 0 Å². The number of halogens is 1. The van der Waals surface area contributed by atoms with Crippen LogP contribution in [0.2, 0.25) is 0 Å². The fourth-order valence-electron chi connectivity index (χ4n) is 4.02. The van der Waals surface area contributed by atoms with Crippen molar-refractivity contribution < 1.29 is 19.0 Å². The average Bonchev–Trinajstić information content (AvgIpc) is 3.18. The molecule has 154 valence electrons. The molecule has 2 aliphatic rings. The van der Waals surface area contributed by atoms with Crippen LogP contribution in [0, 0.1) is 0 Å². The maximum Gasteiger partial charge on any atom is 0.275 e. The zero-order valence-electron chi connectivity index (χ0n) is 16.2. The third-order valence-corrected chi connectivity index (χ3v) is 6.07. The molecule has 1 saturated heterocycles. The fraction of sp³-hybridized carbons (Fsp3) is 0.429. The Morgan fingerprint density at radius 2 is 2.03 bits per heavy atom. The summed E-state index contributed by atoms with van der Waals surface area (Å²) in [4.78, 5) is 28.2. The summed E-state index contributed by atoms with van der Waals surface area (Å²) in [6.07, 6.45) is 2.42. The number of nitrogens with zero attached hydrogens (tertiary/aromatic N) is 2. The van der Waals surface area contributed by atoms with Gasteiger partial charge in [0, 0.05) is 33.0 Å². The van der Waals surface area contributed by atoms with Crippen molar-refractivity contribution in [3.63, 3.8) is 0 Å². The van der Waals surface area contributed by atoms with E-state index in [-0.39, 0.29) is 29.4 Å². The van der Waals surface area contributed by atoms with Gasteiger partial charge >= 0.3 is 0 Å². The van der Waals surface area contributed by atoms with Crippen molar-refractivity contribution in [3.8, 4) is 5.75 Å². The molecule has 0 bridgehead atoms. The van der Waals surface area contributed by atoms with E-state index in [9.17, 15) is 9.59 Å². The Kier molecular flexibility index (Phi) is 5.76. The molecule has 3 heterocycles. The second kappa shape index (κ2) is 8.30. The minimum atomic E-state index is -0.437. The molecule has 0 N–H and O–H groups in total. The van der Waals surface area contributed by atoms with E-state index in [2.05, 4.69) is 15.9 Å². The van der Waals surface area contributed by atoms with Gasteiger partial charge in [-0.15, -0.1) is 0 Å². The van der Waals surface area contributed by atoms with Crippen molar-refractivity contribution in [3.05, 3.63) is 62.5 Å². The van der Waals surface area contributed by atoms with Gasteiger partial charge in [0.25, 0.3) is 5.91 Å². The van der Waals surface area contributed by atoms with Crippen LogP contribution in [0.5, 0.6) is 5.75 Å². The molecule has 7 nitrogen and oxygen atoms in total. The lowest BCUT2D eigenvalue weighted by atomic mass is 9.92. The number of carbonyl (C=O) groups excluding carboxylic acids is 1. The highest BCUT2D eigenvalue weighted by Crippen LogP contribution is 2.36. The van der Waals surface area contributed by atoms with Gasteiger partial charge in [-0.2, -0.15) is 0 Å². The molecule has 1 aromatic heterocycles. The van der Waals surface area contributed by atoms with Crippen molar-refractivity contribution >= 4 is 21.8 Å². The minimum absolute atomic E-state index is 0.0735. The molecular weight excluding hydrogens is 440 g/mol. The number of aromatic nitrogens is 1. The first-order chi connectivity index (χ1) is 14.1. The average molecular weight is 463 g/mol. The van der Waals surface area contributed by atoms with Crippen LogP contribution >= 0.6 is 15.9 Å². The van der Waals surface area contributed by atoms with Gasteiger partial charge in [0.2, 0.25) is 5.43 Å². The Balaban J connectivity index is 1.75. The number of rotatable bonds is 6. The Bertz CT molecular complexity index is 954. The molecule has 1 fully saturated rings. The van der Waals surface area contributed by atoms with Gasteiger partial charge in [-0.05, 0) is 27.9 Å². The van der Waals surface area contributed by atoms with Crippen molar-refractivity contribution in [1.82, 2.24) is 9.47 Å². The molecule has 2 aromatic rings. The largest absolute Gasteiger partial charge is 0.483 e. The van der Waals surface area contributed by atoms with E-state index in [0.29, 0.717) is 37.4 Å². The molecule has 1 spiro atoms. The van der Waals surface area contributed by atoms with Crippen molar-refractivity contribution in [1.29, 1.82) is 0 Å². The van der Waals surface area contributed by atoms with Crippen LogP contribution in [-0.4, -0.2) is 54.4 Å². The van der Waals surface area contributed by atoms with Crippen LogP contribution in [0.1, 0.15) is 22.5 Å². The molecule has 1 atom stereocenters. The minimum Gasteiger partial charge on any atom is -0.483 e. The quantitative estimate of drug-likeness (QED) is 0.659. The maximum atomic E-state index is 13.5. The Morgan fingerprint density at radius 1 is 1.24 bits per heavy atom. The molecule has 4 rings (SSSR count). The van der Waals surface area contributed by atoms with Gasteiger partial charge in [-0.1, -0.05) is 30.3 Å². The molecule has 1 unspecified atom stereocenters. The predicted octanol–water partition coefficient (Wildman–Crippen LogP) is 2.45. The van der Waals surface area contributed by atoms with Crippen molar-refractivity contribution in [2.24, 2.45) is 0 Å². The molecule has 29 heavy (non-hydrogen) atoms. The van der Waals surface area contributed by atoms with Crippen LogP contribution in [0.15, 0.2) is 45.8 Å². The van der Waals surface area contributed by atoms with E-state index >= 15 is 0 Å². The highest BCUT2D eigenvalue weighted by atomic mass is 79.9. The monoisotopic (exact) mass is 462 g/mol. The fourth-order valence-corrected chi connectivity index (χ4v) is 4.44. The highest BCUT2D eigenvalue weighted by Gasteiger charge is 2.48. The number of amides is 1. The second-order valence-electron chi connectivity index (χ2n) is 7.36. The Morgan fingerprint density at radius 3 is 2.72 bits per heavy atom. The number of carbonyl (C=O) groups is 1. The van der Waals surface area contributed by atoms with Gasteiger partial charge in [0.1, 0.15) is 6.61 Å². The van der Waals surface area contributed by atoms with E-state index < -0.39 is 5.54 Å².